The van der Waals surface area contributed by atoms with E-state index in [4.69, 9.17) is 0 Å². The highest BCUT2D eigenvalue weighted by Crippen LogP contribution is 2.42. The molecule has 3 heterocycles. The molecular formula is C44H31N4+. The van der Waals surface area contributed by atoms with Gasteiger partial charge in [0.15, 0.2) is 11.0 Å². The van der Waals surface area contributed by atoms with Gasteiger partial charge < -0.3 is 9.13 Å². The van der Waals surface area contributed by atoms with Crippen LogP contribution in [0.5, 0.6) is 0 Å². The minimum atomic E-state index is 1.14. The number of fused-ring (bicyclic) bond motifs is 8. The van der Waals surface area contributed by atoms with Gasteiger partial charge in [-0.15, -0.1) is 0 Å². The van der Waals surface area contributed by atoms with E-state index in [1.807, 2.05) is 0 Å². The van der Waals surface area contributed by atoms with Crippen LogP contribution in [0.3, 0.4) is 0 Å². The Balaban J connectivity index is 1.36. The topological polar surface area (TPSA) is 18.7 Å². The molecule has 0 radical (unpaired) electrons. The average molecular weight is 616 g/mol. The molecule has 48 heavy (non-hydrogen) atoms. The monoisotopic (exact) mass is 615 g/mol. The summed E-state index contributed by atoms with van der Waals surface area (Å²) in [6, 6.07) is 61.3. The summed E-state index contributed by atoms with van der Waals surface area (Å²) >= 11 is 0. The van der Waals surface area contributed by atoms with E-state index in [1.165, 1.54) is 60.2 Å². The molecule has 0 aliphatic heterocycles. The Kier molecular flexibility index (Phi) is 5.75. The molecule has 0 amide bonds. The quantitative estimate of drug-likeness (QED) is 0.176. The van der Waals surface area contributed by atoms with Crippen molar-refractivity contribution in [1.29, 1.82) is 0 Å². The normalized spacial score (nSPS) is 11.9. The summed E-state index contributed by atoms with van der Waals surface area (Å²) in [5, 5.41) is 4.96. The number of nitrogens with zero attached hydrogens (tertiary/aromatic N) is 4. The molecule has 0 aliphatic carbocycles. The van der Waals surface area contributed by atoms with Gasteiger partial charge in [-0.1, -0.05) is 97.1 Å². The standard InChI is InChI=1S/C44H31N4/c1-45-40-23-13-14-24-41(40)48(33-19-9-4-10-20-33)44(45)30-25-28-39-37(29-30)36-27-26-35-34-21-11-12-22-38(34)46(31-15-5-2-6-16-31)42(35)43(36)47(39)32-17-7-3-8-18-32/h2-29H,1H3/q+1. The first-order chi connectivity index (χ1) is 23.8. The molecule has 0 bridgehead atoms. The van der Waals surface area contributed by atoms with Gasteiger partial charge in [0.2, 0.25) is 0 Å². The van der Waals surface area contributed by atoms with Gasteiger partial charge in [0.05, 0.1) is 34.7 Å². The molecule has 0 spiro atoms. The first-order valence-electron chi connectivity index (χ1n) is 16.4. The number of benzene rings is 7. The molecule has 4 nitrogen and oxygen atoms in total. The highest BCUT2D eigenvalue weighted by Gasteiger charge is 2.27. The Hall–Kier alpha value is -6.39. The molecule has 0 unspecified atom stereocenters. The van der Waals surface area contributed by atoms with Gasteiger partial charge in [0.1, 0.15) is 5.69 Å². The molecule has 4 heteroatoms. The van der Waals surface area contributed by atoms with Crippen LogP contribution in [-0.4, -0.2) is 13.7 Å². The summed E-state index contributed by atoms with van der Waals surface area (Å²) in [5.41, 5.74) is 11.8. The highest BCUT2D eigenvalue weighted by molar-refractivity contribution is 6.24. The predicted molar refractivity (Wildman–Crippen MR) is 199 cm³/mol. The van der Waals surface area contributed by atoms with Crippen LogP contribution in [0, 0.1) is 0 Å². The summed E-state index contributed by atoms with van der Waals surface area (Å²) in [6.45, 7) is 0. The first-order valence-corrected chi connectivity index (χ1v) is 16.4. The molecule has 0 N–H and O–H groups in total. The Morgan fingerprint density at radius 2 is 0.854 bits per heavy atom. The van der Waals surface area contributed by atoms with Crippen molar-refractivity contribution in [2.45, 2.75) is 0 Å². The first kappa shape index (κ1) is 26.8. The van der Waals surface area contributed by atoms with Crippen molar-refractivity contribution >= 4 is 54.6 Å². The Bertz CT molecular complexity index is 2820. The maximum absolute atomic E-state index is 2.46. The molecule has 226 valence electrons. The Labute approximate surface area is 277 Å². The van der Waals surface area contributed by atoms with Gasteiger partial charge in [-0.05, 0) is 72.8 Å². The lowest BCUT2D eigenvalue weighted by Gasteiger charge is -2.12. The van der Waals surface area contributed by atoms with Crippen molar-refractivity contribution in [2.24, 2.45) is 7.05 Å². The minimum absolute atomic E-state index is 1.14. The molecule has 3 aromatic heterocycles. The van der Waals surface area contributed by atoms with Crippen molar-refractivity contribution in [1.82, 2.24) is 13.7 Å². The number of aryl methyl sites for hydroxylation is 1. The van der Waals surface area contributed by atoms with Crippen LogP contribution in [0.2, 0.25) is 0 Å². The van der Waals surface area contributed by atoms with Crippen molar-refractivity contribution in [3.8, 4) is 28.5 Å². The van der Waals surface area contributed by atoms with Crippen molar-refractivity contribution < 1.29 is 4.57 Å². The number of hydrogen-bond donors (Lipinski definition) is 0. The van der Waals surface area contributed by atoms with E-state index in [2.05, 4.69) is 195 Å². The van der Waals surface area contributed by atoms with Gasteiger partial charge in [-0.3, -0.25) is 0 Å². The second kappa shape index (κ2) is 10.3. The van der Waals surface area contributed by atoms with Crippen LogP contribution in [-0.2, 0) is 7.05 Å². The van der Waals surface area contributed by atoms with Crippen LogP contribution >= 0.6 is 0 Å². The smallest absolute Gasteiger partial charge is 0.294 e. The molecule has 7 aromatic carbocycles. The number of para-hydroxylation sites is 6. The van der Waals surface area contributed by atoms with E-state index in [9.17, 15) is 0 Å². The zero-order valence-electron chi connectivity index (χ0n) is 26.5. The molecule has 0 aliphatic rings. The van der Waals surface area contributed by atoms with E-state index in [0.29, 0.717) is 0 Å². The maximum atomic E-state index is 2.46. The summed E-state index contributed by atoms with van der Waals surface area (Å²) in [7, 11) is 2.18. The summed E-state index contributed by atoms with van der Waals surface area (Å²) in [5.74, 6) is 1.14. The van der Waals surface area contributed by atoms with E-state index in [1.54, 1.807) is 0 Å². The number of rotatable bonds is 4. The molecule has 0 saturated heterocycles. The fraction of sp³-hybridized carbons (Fsp3) is 0.0227. The average Bonchev–Trinajstić information content (AvgIpc) is 3.78. The zero-order chi connectivity index (χ0) is 31.8. The third-order valence-corrected chi connectivity index (χ3v) is 9.88. The second-order valence-electron chi connectivity index (χ2n) is 12.5. The zero-order valence-corrected chi connectivity index (χ0v) is 26.5. The summed E-state index contributed by atoms with van der Waals surface area (Å²) in [6.07, 6.45) is 0. The van der Waals surface area contributed by atoms with Crippen molar-refractivity contribution in [2.75, 3.05) is 0 Å². The lowest BCUT2D eigenvalue weighted by molar-refractivity contribution is -0.633. The van der Waals surface area contributed by atoms with Gasteiger partial charge in [0.25, 0.3) is 5.82 Å². The molecule has 10 rings (SSSR count). The summed E-state index contributed by atoms with van der Waals surface area (Å²) < 4.78 is 9.62. The third kappa shape index (κ3) is 3.74. The molecular weight excluding hydrogens is 585 g/mol. The predicted octanol–water partition coefficient (Wildman–Crippen LogP) is 10.3. The maximum Gasteiger partial charge on any atom is 0.294 e. The van der Waals surface area contributed by atoms with Gasteiger partial charge >= 0.3 is 0 Å². The largest absolute Gasteiger partial charge is 0.307 e. The Morgan fingerprint density at radius 1 is 0.375 bits per heavy atom. The van der Waals surface area contributed by atoms with E-state index in [0.717, 1.165) is 22.9 Å². The fourth-order valence-electron chi connectivity index (χ4n) is 7.86. The molecule has 10 aromatic rings. The molecule has 0 fully saturated rings. The Morgan fingerprint density at radius 3 is 1.48 bits per heavy atom. The summed E-state index contributed by atoms with van der Waals surface area (Å²) in [4.78, 5) is 0. The van der Waals surface area contributed by atoms with Crippen LogP contribution in [0.15, 0.2) is 170 Å². The minimum Gasteiger partial charge on any atom is -0.307 e. The van der Waals surface area contributed by atoms with E-state index >= 15 is 0 Å². The van der Waals surface area contributed by atoms with Crippen LogP contribution in [0.4, 0.5) is 0 Å². The lowest BCUT2D eigenvalue weighted by atomic mass is 10.1. The number of hydrogen-bond acceptors (Lipinski definition) is 0. The number of imidazole rings is 1. The van der Waals surface area contributed by atoms with Crippen LogP contribution < -0.4 is 4.57 Å². The fourth-order valence-corrected chi connectivity index (χ4v) is 7.86. The third-order valence-electron chi connectivity index (χ3n) is 9.88. The second-order valence-corrected chi connectivity index (χ2v) is 12.5. The SMILES string of the molecule is C[n+]1c(-c2ccc3c(c2)c2ccc4c5ccccc5n(-c5ccccc5)c4c2n3-c2ccccc2)n(-c2ccccc2)c2ccccc21. The molecule has 0 saturated carbocycles. The molecule has 0 atom stereocenters. The van der Waals surface area contributed by atoms with Crippen LogP contribution in [0.1, 0.15) is 0 Å². The van der Waals surface area contributed by atoms with Crippen LogP contribution in [0.25, 0.3) is 83.1 Å². The lowest BCUT2D eigenvalue weighted by Crippen LogP contribution is -2.30. The van der Waals surface area contributed by atoms with Gasteiger partial charge in [-0.2, -0.15) is 4.57 Å². The van der Waals surface area contributed by atoms with Gasteiger partial charge in [0, 0.05) is 32.9 Å². The van der Waals surface area contributed by atoms with E-state index < -0.39 is 0 Å². The highest BCUT2D eigenvalue weighted by atomic mass is 15.2. The van der Waals surface area contributed by atoms with Gasteiger partial charge in [-0.25, -0.2) is 4.57 Å². The van der Waals surface area contributed by atoms with E-state index in [-0.39, 0.29) is 0 Å². The van der Waals surface area contributed by atoms with Crippen molar-refractivity contribution in [3.63, 3.8) is 0 Å². The number of aromatic nitrogens is 4. The van der Waals surface area contributed by atoms with Crippen molar-refractivity contribution in [3.05, 3.63) is 170 Å².